The molecule has 1 aromatic rings. The number of amides is 1. The number of aromatic nitrogens is 2. The first kappa shape index (κ1) is 14.0. The zero-order valence-electron chi connectivity index (χ0n) is 11.0. The van der Waals surface area contributed by atoms with E-state index in [1.165, 1.54) is 0 Å². The average Bonchev–Trinajstić information content (AvgIpc) is 2.82. The van der Waals surface area contributed by atoms with Gasteiger partial charge < -0.3 is 4.90 Å². The van der Waals surface area contributed by atoms with E-state index in [1.54, 1.807) is 22.0 Å². The number of nitrogens with zero attached hydrogens (tertiary/aromatic N) is 3. The molecule has 2 heterocycles. The highest BCUT2D eigenvalue weighted by molar-refractivity contribution is 7.89. The maximum Gasteiger partial charge on any atom is 0.227 e. The summed E-state index contributed by atoms with van der Waals surface area (Å²) >= 11 is 0. The maximum atomic E-state index is 11.9. The van der Waals surface area contributed by atoms with Crippen molar-refractivity contribution < 1.29 is 13.2 Å². The van der Waals surface area contributed by atoms with Gasteiger partial charge in [-0.3, -0.25) is 9.48 Å². The standard InChI is InChI=1S/C11H18N4O3S/c1-8(2)15-6-10(4-13-15)14-5-9(3-11(14)16)7-19(12,17)18/h4,6,8-9H,3,5,7H2,1-2H3,(H2,12,17,18). The molecule has 0 aromatic carbocycles. The average molecular weight is 286 g/mol. The Morgan fingerprint density at radius 3 is 2.74 bits per heavy atom. The molecule has 1 fully saturated rings. The topological polar surface area (TPSA) is 98.3 Å². The van der Waals surface area contributed by atoms with Gasteiger partial charge in [0.2, 0.25) is 15.9 Å². The number of carbonyl (C=O) groups is 1. The molecule has 2 N–H and O–H groups in total. The van der Waals surface area contributed by atoms with Gasteiger partial charge in [-0.15, -0.1) is 0 Å². The lowest BCUT2D eigenvalue weighted by Crippen LogP contribution is -2.27. The van der Waals surface area contributed by atoms with Gasteiger partial charge in [0.25, 0.3) is 0 Å². The van der Waals surface area contributed by atoms with Crippen LogP contribution in [0.3, 0.4) is 0 Å². The Bertz CT molecular complexity index is 579. The number of primary sulfonamides is 1. The summed E-state index contributed by atoms with van der Waals surface area (Å²) < 4.78 is 23.9. The lowest BCUT2D eigenvalue weighted by molar-refractivity contribution is -0.117. The van der Waals surface area contributed by atoms with Crippen molar-refractivity contribution in [3.05, 3.63) is 12.4 Å². The number of sulfonamides is 1. The molecule has 1 amide bonds. The van der Waals surface area contributed by atoms with Crippen molar-refractivity contribution in [2.24, 2.45) is 11.1 Å². The van der Waals surface area contributed by atoms with E-state index in [-0.39, 0.29) is 30.0 Å². The first-order valence-corrected chi connectivity index (χ1v) is 7.83. The summed E-state index contributed by atoms with van der Waals surface area (Å²) in [4.78, 5) is 13.5. The molecule has 1 atom stereocenters. The van der Waals surface area contributed by atoms with Crippen LogP contribution in [0.5, 0.6) is 0 Å². The van der Waals surface area contributed by atoms with Crippen LogP contribution in [0.15, 0.2) is 12.4 Å². The van der Waals surface area contributed by atoms with Crippen LogP contribution in [0.25, 0.3) is 0 Å². The molecule has 1 unspecified atom stereocenters. The molecular weight excluding hydrogens is 268 g/mol. The van der Waals surface area contributed by atoms with E-state index in [1.807, 2.05) is 13.8 Å². The number of nitrogens with two attached hydrogens (primary N) is 1. The number of hydrogen-bond acceptors (Lipinski definition) is 4. The van der Waals surface area contributed by atoms with Gasteiger partial charge >= 0.3 is 0 Å². The van der Waals surface area contributed by atoms with Gasteiger partial charge in [0.1, 0.15) is 0 Å². The molecule has 2 rings (SSSR count). The number of hydrogen-bond donors (Lipinski definition) is 1. The van der Waals surface area contributed by atoms with Gasteiger partial charge in [-0.05, 0) is 13.8 Å². The summed E-state index contributed by atoms with van der Waals surface area (Å²) in [6, 6.07) is 0.215. The Morgan fingerprint density at radius 2 is 2.21 bits per heavy atom. The highest BCUT2D eigenvalue weighted by Crippen LogP contribution is 2.25. The number of carbonyl (C=O) groups excluding carboxylic acids is 1. The molecule has 0 aliphatic carbocycles. The van der Waals surface area contributed by atoms with Gasteiger partial charge in [-0.2, -0.15) is 5.10 Å². The van der Waals surface area contributed by atoms with Crippen LogP contribution >= 0.6 is 0 Å². The van der Waals surface area contributed by atoms with E-state index in [2.05, 4.69) is 5.10 Å². The lowest BCUT2D eigenvalue weighted by atomic mass is 10.1. The summed E-state index contributed by atoms with van der Waals surface area (Å²) in [5, 5.41) is 9.19. The van der Waals surface area contributed by atoms with E-state index < -0.39 is 10.0 Å². The van der Waals surface area contributed by atoms with Crippen molar-refractivity contribution in [1.82, 2.24) is 9.78 Å². The molecule has 1 saturated heterocycles. The monoisotopic (exact) mass is 286 g/mol. The minimum atomic E-state index is -3.54. The van der Waals surface area contributed by atoms with Crippen LogP contribution in [0.2, 0.25) is 0 Å². The van der Waals surface area contributed by atoms with Crippen LogP contribution in [0.1, 0.15) is 26.3 Å². The van der Waals surface area contributed by atoms with Gasteiger partial charge in [-0.25, -0.2) is 13.6 Å². The van der Waals surface area contributed by atoms with Crippen molar-refractivity contribution in [2.45, 2.75) is 26.3 Å². The van der Waals surface area contributed by atoms with E-state index in [9.17, 15) is 13.2 Å². The molecule has 1 aliphatic rings. The van der Waals surface area contributed by atoms with Crippen LogP contribution < -0.4 is 10.0 Å². The fourth-order valence-corrected chi connectivity index (χ4v) is 3.10. The minimum absolute atomic E-state index is 0.0862. The minimum Gasteiger partial charge on any atom is -0.309 e. The summed E-state index contributed by atoms with van der Waals surface area (Å²) in [5.74, 6) is -0.491. The molecular formula is C11H18N4O3S. The quantitative estimate of drug-likeness (QED) is 0.849. The molecule has 106 valence electrons. The molecule has 0 saturated carbocycles. The summed E-state index contributed by atoms with van der Waals surface area (Å²) in [7, 11) is -3.54. The summed E-state index contributed by atoms with van der Waals surface area (Å²) in [6.07, 6.45) is 3.63. The highest BCUT2D eigenvalue weighted by Gasteiger charge is 2.33. The molecule has 0 bridgehead atoms. The van der Waals surface area contributed by atoms with E-state index in [4.69, 9.17) is 5.14 Å². The molecule has 19 heavy (non-hydrogen) atoms. The number of anilines is 1. The smallest absolute Gasteiger partial charge is 0.227 e. The SMILES string of the molecule is CC(C)n1cc(N2CC(CS(N)(=O)=O)CC2=O)cn1. The fourth-order valence-electron chi connectivity index (χ4n) is 2.22. The summed E-state index contributed by atoms with van der Waals surface area (Å²) in [6.45, 7) is 4.36. The molecule has 0 radical (unpaired) electrons. The third-order valence-electron chi connectivity index (χ3n) is 3.10. The molecule has 0 spiro atoms. The van der Waals surface area contributed by atoms with Crippen molar-refractivity contribution in [1.29, 1.82) is 0 Å². The van der Waals surface area contributed by atoms with Crippen molar-refractivity contribution >= 4 is 21.6 Å². The van der Waals surface area contributed by atoms with Gasteiger partial charge in [0.05, 0.1) is 17.6 Å². The fraction of sp³-hybridized carbons (Fsp3) is 0.636. The Hall–Kier alpha value is -1.41. The second-order valence-corrected chi connectivity index (χ2v) is 6.84. The maximum absolute atomic E-state index is 11.9. The second kappa shape index (κ2) is 4.93. The first-order valence-electron chi connectivity index (χ1n) is 6.11. The zero-order valence-corrected chi connectivity index (χ0v) is 11.8. The third kappa shape index (κ3) is 3.32. The van der Waals surface area contributed by atoms with Crippen LogP contribution in [-0.4, -0.2) is 36.4 Å². The predicted octanol–water partition coefficient (Wildman–Crippen LogP) is 0.105. The van der Waals surface area contributed by atoms with E-state index in [0.29, 0.717) is 12.2 Å². The largest absolute Gasteiger partial charge is 0.309 e. The Morgan fingerprint density at radius 1 is 1.53 bits per heavy atom. The van der Waals surface area contributed by atoms with Crippen LogP contribution in [-0.2, 0) is 14.8 Å². The second-order valence-electron chi connectivity index (χ2n) is 5.18. The van der Waals surface area contributed by atoms with Crippen molar-refractivity contribution in [2.75, 3.05) is 17.2 Å². The van der Waals surface area contributed by atoms with Crippen molar-refractivity contribution in [3.8, 4) is 0 Å². The molecule has 7 nitrogen and oxygen atoms in total. The zero-order chi connectivity index (χ0) is 14.2. The Kier molecular flexibility index (Phi) is 3.64. The van der Waals surface area contributed by atoms with E-state index in [0.717, 1.165) is 0 Å². The Labute approximate surface area is 112 Å². The van der Waals surface area contributed by atoms with Crippen molar-refractivity contribution in [3.63, 3.8) is 0 Å². The third-order valence-corrected chi connectivity index (χ3v) is 4.04. The van der Waals surface area contributed by atoms with Gasteiger partial charge in [-0.1, -0.05) is 0 Å². The van der Waals surface area contributed by atoms with E-state index >= 15 is 0 Å². The molecule has 8 heteroatoms. The summed E-state index contributed by atoms with van der Waals surface area (Å²) in [5.41, 5.74) is 0.704. The van der Waals surface area contributed by atoms with Crippen LogP contribution in [0.4, 0.5) is 5.69 Å². The predicted molar refractivity (Wildman–Crippen MR) is 71.0 cm³/mol. The Balaban J connectivity index is 2.11. The first-order chi connectivity index (χ1) is 8.76. The van der Waals surface area contributed by atoms with Gasteiger partial charge in [0.15, 0.2) is 0 Å². The normalized spacial score (nSPS) is 20.5. The number of rotatable bonds is 4. The highest BCUT2D eigenvalue weighted by atomic mass is 32.2. The molecule has 1 aromatic heterocycles. The van der Waals surface area contributed by atoms with Crippen LogP contribution in [0, 0.1) is 5.92 Å². The lowest BCUT2D eigenvalue weighted by Gasteiger charge is -2.14. The molecule has 1 aliphatic heterocycles. The van der Waals surface area contributed by atoms with Gasteiger partial charge in [0, 0.05) is 31.1 Å².